The van der Waals surface area contributed by atoms with Gasteiger partial charge in [-0.1, -0.05) is 22.4 Å². The normalized spacial score (nSPS) is 27.5. The molecule has 4 nitrogen and oxygen atoms in total. The van der Waals surface area contributed by atoms with Crippen LogP contribution in [0.4, 0.5) is 0 Å². The molecule has 0 aromatic heterocycles. The molecule has 1 aliphatic carbocycles. The molecule has 0 saturated heterocycles. The van der Waals surface area contributed by atoms with Gasteiger partial charge in [-0.25, -0.2) is 4.72 Å². The highest BCUT2D eigenvalue weighted by molar-refractivity contribution is 9.09. The number of hydrogen-bond donors (Lipinski definition) is 1. The quantitative estimate of drug-likeness (QED) is 0.775. The van der Waals surface area contributed by atoms with E-state index in [1.165, 1.54) is 17.1 Å². The maximum atomic E-state index is 11.5. The second-order valence-corrected chi connectivity index (χ2v) is 6.86. The molecular formula is C9H19BrN2O2S. The lowest BCUT2D eigenvalue weighted by atomic mass is 9.99. The van der Waals surface area contributed by atoms with Gasteiger partial charge in [-0.15, -0.1) is 0 Å². The molecule has 0 aromatic carbocycles. The van der Waals surface area contributed by atoms with Crippen LogP contribution >= 0.6 is 15.9 Å². The molecule has 6 heteroatoms. The predicted octanol–water partition coefficient (Wildman–Crippen LogP) is 1.19. The SMILES string of the molecule is CN(C)S(=O)(=O)NCC1CCCC1CBr. The van der Waals surface area contributed by atoms with Crippen molar-refractivity contribution in [3.8, 4) is 0 Å². The third-order valence-corrected chi connectivity index (χ3v) is 5.35. The molecule has 2 atom stereocenters. The summed E-state index contributed by atoms with van der Waals surface area (Å²) in [5.41, 5.74) is 0. The number of alkyl halides is 1. The van der Waals surface area contributed by atoms with Gasteiger partial charge in [0.1, 0.15) is 0 Å². The number of halogens is 1. The number of rotatable bonds is 5. The highest BCUT2D eigenvalue weighted by Crippen LogP contribution is 2.32. The van der Waals surface area contributed by atoms with Crippen molar-refractivity contribution >= 4 is 26.1 Å². The Morgan fingerprint density at radius 3 is 2.47 bits per heavy atom. The summed E-state index contributed by atoms with van der Waals surface area (Å²) in [4.78, 5) is 0. The summed E-state index contributed by atoms with van der Waals surface area (Å²) >= 11 is 3.48. The second-order valence-electron chi connectivity index (χ2n) is 4.24. The van der Waals surface area contributed by atoms with Crippen LogP contribution in [-0.2, 0) is 10.2 Å². The highest BCUT2D eigenvalue weighted by atomic mass is 79.9. The van der Waals surface area contributed by atoms with E-state index < -0.39 is 10.2 Å². The van der Waals surface area contributed by atoms with E-state index in [-0.39, 0.29) is 0 Å². The van der Waals surface area contributed by atoms with Crippen LogP contribution in [-0.4, -0.2) is 38.7 Å². The van der Waals surface area contributed by atoms with Gasteiger partial charge in [0, 0.05) is 26.0 Å². The van der Waals surface area contributed by atoms with Crippen LogP contribution in [0.5, 0.6) is 0 Å². The van der Waals surface area contributed by atoms with E-state index in [1.807, 2.05) is 0 Å². The number of hydrogen-bond acceptors (Lipinski definition) is 2. The molecule has 0 heterocycles. The van der Waals surface area contributed by atoms with Gasteiger partial charge in [-0.3, -0.25) is 0 Å². The first kappa shape index (κ1) is 13.4. The van der Waals surface area contributed by atoms with Crippen molar-refractivity contribution in [1.29, 1.82) is 0 Å². The molecule has 1 rings (SSSR count). The summed E-state index contributed by atoms with van der Waals surface area (Å²) < 4.78 is 26.8. The topological polar surface area (TPSA) is 49.4 Å². The standard InChI is InChI=1S/C9H19BrN2O2S/c1-12(2)15(13,14)11-7-9-5-3-4-8(9)6-10/h8-9,11H,3-7H2,1-2H3. The van der Waals surface area contributed by atoms with Gasteiger partial charge in [0.2, 0.25) is 0 Å². The lowest BCUT2D eigenvalue weighted by molar-refractivity contribution is 0.414. The van der Waals surface area contributed by atoms with Gasteiger partial charge in [0.25, 0.3) is 10.2 Å². The maximum absolute atomic E-state index is 11.5. The Labute approximate surface area is 101 Å². The summed E-state index contributed by atoms with van der Waals surface area (Å²) in [6.07, 6.45) is 3.55. The van der Waals surface area contributed by atoms with E-state index in [1.54, 1.807) is 14.1 Å². The third-order valence-electron chi connectivity index (χ3n) is 3.02. The first-order valence-corrected chi connectivity index (χ1v) is 7.76. The monoisotopic (exact) mass is 298 g/mol. The van der Waals surface area contributed by atoms with Crippen molar-refractivity contribution in [1.82, 2.24) is 9.03 Å². The van der Waals surface area contributed by atoms with E-state index in [4.69, 9.17) is 0 Å². The molecule has 0 radical (unpaired) electrons. The largest absolute Gasteiger partial charge is 0.278 e. The van der Waals surface area contributed by atoms with E-state index in [0.29, 0.717) is 18.4 Å². The lowest BCUT2D eigenvalue weighted by Gasteiger charge is -2.19. The zero-order valence-corrected chi connectivity index (χ0v) is 11.6. The predicted molar refractivity (Wildman–Crippen MR) is 65.2 cm³/mol. The molecule has 1 saturated carbocycles. The first-order valence-electron chi connectivity index (χ1n) is 5.20. The van der Waals surface area contributed by atoms with Crippen molar-refractivity contribution < 1.29 is 8.42 Å². The molecule has 0 aromatic rings. The van der Waals surface area contributed by atoms with Gasteiger partial charge in [0.05, 0.1) is 0 Å². The fourth-order valence-corrected chi connectivity index (χ4v) is 3.46. The molecule has 0 aliphatic heterocycles. The van der Waals surface area contributed by atoms with Crippen molar-refractivity contribution in [3.63, 3.8) is 0 Å². The Bertz CT molecular complexity index is 292. The highest BCUT2D eigenvalue weighted by Gasteiger charge is 2.27. The van der Waals surface area contributed by atoms with Gasteiger partial charge in [0.15, 0.2) is 0 Å². The number of nitrogens with one attached hydrogen (secondary N) is 1. The molecule has 2 unspecified atom stereocenters. The van der Waals surface area contributed by atoms with Crippen LogP contribution in [0.3, 0.4) is 0 Å². The van der Waals surface area contributed by atoms with Crippen LogP contribution in [0.25, 0.3) is 0 Å². The van der Waals surface area contributed by atoms with E-state index in [2.05, 4.69) is 20.7 Å². The Kier molecular flexibility index (Phi) is 5.02. The number of nitrogens with zero attached hydrogens (tertiary/aromatic N) is 1. The average Bonchev–Trinajstić information content (AvgIpc) is 2.61. The maximum Gasteiger partial charge on any atom is 0.278 e. The molecule has 1 fully saturated rings. The summed E-state index contributed by atoms with van der Waals surface area (Å²) in [5, 5.41) is 0.974. The Hall–Kier alpha value is 0.350. The molecule has 0 spiro atoms. The average molecular weight is 299 g/mol. The van der Waals surface area contributed by atoms with Gasteiger partial charge >= 0.3 is 0 Å². The summed E-state index contributed by atoms with van der Waals surface area (Å²) in [5.74, 6) is 1.11. The van der Waals surface area contributed by atoms with Crippen LogP contribution < -0.4 is 4.72 Å². The summed E-state index contributed by atoms with van der Waals surface area (Å²) in [6, 6.07) is 0. The van der Waals surface area contributed by atoms with Crippen molar-refractivity contribution in [2.24, 2.45) is 11.8 Å². The van der Waals surface area contributed by atoms with E-state index in [0.717, 1.165) is 11.8 Å². The fraction of sp³-hybridized carbons (Fsp3) is 1.00. The van der Waals surface area contributed by atoms with Crippen molar-refractivity contribution in [2.75, 3.05) is 26.0 Å². The minimum atomic E-state index is -3.25. The Balaban J connectivity index is 2.43. The van der Waals surface area contributed by atoms with E-state index in [9.17, 15) is 8.42 Å². The Morgan fingerprint density at radius 1 is 1.33 bits per heavy atom. The van der Waals surface area contributed by atoms with Crippen molar-refractivity contribution in [2.45, 2.75) is 19.3 Å². The molecule has 1 N–H and O–H groups in total. The lowest BCUT2D eigenvalue weighted by Crippen LogP contribution is -2.39. The van der Waals surface area contributed by atoms with Crippen LogP contribution in [0.1, 0.15) is 19.3 Å². The summed E-state index contributed by atoms with van der Waals surface area (Å²) in [6.45, 7) is 0.566. The van der Waals surface area contributed by atoms with Gasteiger partial charge in [-0.05, 0) is 24.7 Å². The first-order chi connectivity index (χ1) is 6.97. The van der Waals surface area contributed by atoms with Crippen LogP contribution in [0.2, 0.25) is 0 Å². The van der Waals surface area contributed by atoms with Gasteiger partial charge in [-0.2, -0.15) is 12.7 Å². The second kappa shape index (κ2) is 5.61. The molecular weight excluding hydrogens is 280 g/mol. The smallest absolute Gasteiger partial charge is 0.202 e. The molecule has 90 valence electrons. The zero-order valence-electron chi connectivity index (χ0n) is 9.24. The Morgan fingerprint density at radius 2 is 1.93 bits per heavy atom. The molecule has 0 amide bonds. The van der Waals surface area contributed by atoms with Crippen molar-refractivity contribution in [3.05, 3.63) is 0 Å². The molecule has 15 heavy (non-hydrogen) atoms. The summed E-state index contributed by atoms with van der Waals surface area (Å²) in [7, 11) is -0.168. The molecule has 1 aliphatic rings. The van der Waals surface area contributed by atoms with Gasteiger partial charge < -0.3 is 0 Å². The third kappa shape index (κ3) is 3.69. The minimum Gasteiger partial charge on any atom is -0.202 e. The van der Waals surface area contributed by atoms with E-state index >= 15 is 0 Å². The zero-order chi connectivity index (χ0) is 11.5. The van der Waals surface area contributed by atoms with Crippen LogP contribution in [0.15, 0.2) is 0 Å². The van der Waals surface area contributed by atoms with Crippen LogP contribution in [0, 0.1) is 11.8 Å². The molecule has 0 bridgehead atoms. The minimum absolute atomic E-state index is 0.485. The fourth-order valence-electron chi connectivity index (χ4n) is 1.93.